The van der Waals surface area contributed by atoms with E-state index < -0.39 is 0 Å². The Morgan fingerprint density at radius 1 is 0.571 bits per heavy atom. The zero-order valence-corrected chi connectivity index (χ0v) is 12.8. The Bertz CT molecular complexity index is 638. The molecule has 0 spiro atoms. The third kappa shape index (κ3) is 3.11. The zero-order valence-electron chi connectivity index (χ0n) is 11.9. The summed E-state index contributed by atoms with van der Waals surface area (Å²) in [6.07, 6.45) is 2.10. The highest BCUT2D eigenvalue weighted by atomic mass is 32.2. The van der Waals surface area contributed by atoms with E-state index >= 15 is 0 Å². The lowest BCUT2D eigenvalue weighted by atomic mass is 10.2. The smallest absolute Gasteiger partial charge is 0.0462 e. The van der Waals surface area contributed by atoms with Crippen LogP contribution in [0.5, 0.6) is 0 Å². The van der Waals surface area contributed by atoms with Gasteiger partial charge in [0.1, 0.15) is 0 Å². The molecule has 0 aromatic heterocycles. The van der Waals surface area contributed by atoms with Crippen molar-refractivity contribution in [1.82, 2.24) is 0 Å². The summed E-state index contributed by atoms with van der Waals surface area (Å²) in [5.41, 5.74) is 3.51. The van der Waals surface area contributed by atoms with Crippen LogP contribution in [0.1, 0.15) is 0 Å². The lowest BCUT2D eigenvalue weighted by Crippen LogP contribution is -2.09. The third-order valence-electron chi connectivity index (χ3n) is 3.36. The lowest BCUT2D eigenvalue weighted by molar-refractivity contribution is 1.27. The number of anilines is 3. The van der Waals surface area contributed by atoms with Gasteiger partial charge in [-0.3, -0.25) is 0 Å². The first-order valence-electron chi connectivity index (χ1n) is 6.93. The number of para-hydroxylation sites is 2. The molecule has 3 aromatic carbocycles. The van der Waals surface area contributed by atoms with Crippen LogP contribution in [0.3, 0.4) is 0 Å². The molecule has 104 valence electrons. The molecule has 0 saturated carbocycles. The van der Waals surface area contributed by atoms with Crippen LogP contribution >= 0.6 is 11.8 Å². The lowest BCUT2D eigenvalue weighted by Gasteiger charge is -2.25. The topological polar surface area (TPSA) is 3.24 Å². The molecule has 0 heterocycles. The van der Waals surface area contributed by atoms with E-state index in [1.54, 1.807) is 11.8 Å². The van der Waals surface area contributed by atoms with E-state index in [0.717, 1.165) is 0 Å². The highest BCUT2D eigenvalue weighted by Crippen LogP contribution is 2.34. The molecule has 3 rings (SSSR count). The second kappa shape index (κ2) is 6.51. The normalized spacial score (nSPS) is 10.3. The van der Waals surface area contributed by atoms with E-state index in [2.05, 4.69) is 84.0 Å². The fourth-order valence-corrected chi connectivity index (χ4v) is 2.74. The first-order valence-corrected chi connectivity index (χ1v) is 8.15. The summed E-state index contributed by atoms with van der Waals surface area (Å²) in [5, 5.41) is 0. The summed E-state index contributed by atoms with van der Waals surface area (Å²) in [6, 6.07) is 29.6. The molecule has 0 bridgehead atoms. The van der Waals surface area contributed by atoms with Crippen LogP contribution in [-0.4, -0.2) is 6.26 Å². The number of benzene rings is 3. The molecule has 0 fully saturated rings. The minimum atomic E-state index is 1.17. The Hall–Kier alpha value is -2.19. The van der Waals surface area contributed by atoms with Gasteiger partial charge in [-0.1, -0.05) is 36.4 Å². The molecular formula is C19H17NS. The van der Waals surface area contributed by atoms with Crippen LogP contribution in [0, 0.1) is 0 Å². The van der Waals surface area contributed by atoms with Gasteiger partial charge in [0.25, 0.3) is 0 Å². The Kier molecular flexibility index (Phi) is 4.27. The summed E-state index contributed by atoms with van der Waals surface area (Å²) in [5.74, 6) is 0. The summed E-state index contributed by atoms with van der Waals surface area (Å²) in [4.78, 5) is 3.55. The van der Waals surface area contributed by atoms with Crippen LogP contribution in [0.4, 0.5) is 17.1 Å². The number of rotatable bonds is 4. The summed E-state index contributed by atoms with van der Waals surface area (Å²) in [6.45, 7) is 0. The second-order valence-corrected chi connectivity index (χ2v) is 5.58. The molecule has 0 radical (unpaired) electrons. The van der Waals surface area contributed by atoms with Crippen molar-refractivity contribution >= 4 is 28.8 Å². The fraction of sp³-hybridized carbons (Fsp3) is 0.0526. The number of hydrogen-bond donors (Lipinski definition) is 0. The van der Waals surface area contributed by atoms with Gasteiger partial charge in [0.15, 0.2) is 0 Å². The largest absolute Gasteiger partial charge is 0.311 e. The highest BCUT2D eigenvalue weighted by Gasteiger charge is 2.11. The van der Waals surface area contributed by atoms with E-state index in [1.807, 2.05) is 12.1 Å². The molecule has 1 nitrogen and oxygen atoms in total. The Morgan fingerprint density at radius 3 is 1.43 bits per heavy atom. The van der Waals surface area contributed by atoms with Crippen molar-refractivity contribution < 1.29 is 0 Å². The molecule has 0 aliphatic rings. The van der Waals surface area contributed by atoms with Gasteiger partial charge >= 0.3 is 0 Å². The SMILES string of the molecule is CSc1ccc(N(c2ccccc2)c2ccccc2)cc1. The van der Waals surface area contributed by atoms with Crippen molar-refractivity contribution in [3.8, 4) is 0 Å². The van der Waals surface area contributed by atoms with Crippen molar-refractivity contribution in [2.45, 2.75) is 4.90 Å². The highest BCUT2D eigenvalue weighted by molar-refractivity contribution is 7.98. The zero-order chi connectivity index (χ0) is 14.5. The Balaban J connectivity index is 2.07. The molecule has 2 heteroatoms. The molecule has 0 aliphatic heterocycles. The van der Waals surface area contributed by atoms with Crippen LogP contribution in [0.2, 0.25) is 0 Å². The molecule has 0 unspecified atom stereocenters. The molecule has 0 N–H and O–H groups in total. The van der Waals surface area contributed by atoms with Crippen molar-refractivity contribution in [3.63, 3.8) is 0 Å². The second-order valence-electron chi connectivity index (χ2n) is 4.70. The van der Waals surface area contributed by atoms with Gasteiger partial charge in [-0.25, -0.2) is 0 Å². The average molecular weight is 291 g/mol. The maximum absolute atomic E-state index is 2.27. The molecule has 0 atom stereocenters. The van der Waals surface area contributed by atoms with Crippen molar-refractivity contribution in [2.75, 3.05) is 11.2 Å². The minimum Gasteiger partial charge on any atom is -0.311 e. The Morgan fingerprint density at radius 2 is 1.00 bits per heavy atom. The van der Waals surface area contributed by atoms with Gasteiger partial charge < -0.3 is 4.90 Å². The predicted octanol–water partition coefficient (Wildman–Crippen LogP) is 5.88. The van der Waals surface area contributed by atoms with Gasteiger partial charge in [-0.05, 0) is 54.8 Å². The Labute approximate surface area is 130 Å². The first-order chi connectivity index (χ1) is 10.4. The van der Waals surface area contributed by atoms with Gasteiger partial charge in [0.05, 0.1) is 0 Å². The van der Waals surface area contributed by atoms with E-state index in [1.165, 1.54) is 22.0 Å². The van der Waals surface area contributed by atoms with Crippen LogP contribution < -0.4 is 4.90 Å². The maximum Gasteiger partial charge on any atom is 0.0462 e. The average Bonchev–Trinajstić information content (AvgIpc) is 2.58. The third-order valence-corrected chi connectivity index (χ3v) is 4.10. The van der Waals surface area contributed by atoms with Crippen molar-refractivity contribution in [2.24, 2.45) is 0 Å². The van der Waals surface area contributed by atoms with E-state index in [0.29, 0.717) is 0 Å². The number of nitrogens with zero attached hydrogens (tertiary/aromatic N) is 1. The number of thioether (sulfide) groups is 1. The quantitative estimate of drug-likeness (QED) is 0.552. The van der Waals surface area contributed by atoms with Crippen LogP contribution in [0.25, 0.3) is 0 Å². The van der Waals surface area contributed by atoms with E-state index in [4.69, 9.17) is 0 Å². The monoisotopic (exact) mass is 291 g/mol. The minimum absolute atomic E-state index is 1.17. The molecule has 0 saturated heterocycles. The van der Waals surface area contributed by atoms with Gasteiger partial charge in [-0.15, -0.1) is 11.8 Å². The predicted molar refractivity (Wildman–Crippen MR) is 92.9 cm³/mol. The maximum atomic E-state index is 2.27. The van der Waals surface area contributed by atoms with Gasteiger partial charge in [0, 0.05) is 22.0 Å². The van der Waals surface area contributed by atoms with Crippen molar-refractivity contribution in [1.29, 1.82) is 0 Å². The summed E-state index contributed by atoms with van der Waals surface area (Å²) in [7, 11) is 0. The molecule has 3 aromatic rings. The summed E-state index contributed by atoms with van der Waals surface area (Å²) < 4.78 is 0. The fourth-order valence-electron chi connectivity index (χ4n) is 2.33. The van der Waals surface area contributed by atoms with E-state index in [-0.39, 0.29) is 0 Å². The molecule has 21 heavy (non-hydrogen) atoms. The van der Waals surface area contributed by atoms with E-state index in [9.17, 15) is 0 Å². The van der Waals surface area contributed by atoms with Gasteiger partial charge in [0.2, 0.25) is 0 Å². The summed E-state index contributed by atoms with van der Waals surface area (Å²) >= 11 is 1.76. The first kappa shape index (κ1) is 13.8. The molecule has 0 amide bonds. The number of hydrogen-bond acceptors (Lipinski definition) is 2. The standard InChI is InChI=1S/C19H17NS/c1-21-19-14-12-18(13-15-19)20(16-8-4-2-5-9-16)17-10-6-3-7-11-17/h2-15H,1H3. The van der Waals surface area contributed by atoms with Crippen LogP contribution in [-0.2, 0) is 0 Å². The van der Waals surface area contributed by atoms with Crippen molar-refractivity contribution in [3.05, 3.63) is 84.9 Å². The molecular weight excluding hydrogens is 274 g/mol. The van der Waals surface area contributed by atoms with Gasteiger partial charge in [-0.2, -0.15) is 0 Å². The van der Waals surface area contributed by atoms with Crippen LogP contribution in [0.15, 0.2) is 89.8 Å². The molecule has 0 aliphatic carbocycles.